The smallest absolute Gasteiger partial charge is 0.410 e. The number of nitrogens with zero attached hydrogens (tertiary/aromatic N) is 1. The van der Waals surface area contributed by atoms with Crippen molar-refractivity contribution in [2.45, 2.75) is 50.2 Å². The van der Waals surface area contributed by atoms with Gasteiger partial charge in [0.25, 0.3) is 0 Å². The number of rotatable bonds is 8. The number of carbonyl (C=O) groups is 1. The van der Waals surface area contributed by atoms with E-state index in [0.29, 0.717) is 50.6 Å². The Morgan fingerprint density at radius 2 is 1.82 bits per heavy atom. The van der Waals surface area contributed by atoms with Gasteiger partial charge < -0.3 is 29.0 Å². The molecule has 3 aliphatic rings. The molecule has 1 N–H and O–H groups in total. The van der Waals surface area contributed by atoms with E-state index >= 15 is 0 Å². The van der Waals surface area contributed by atoms with E-state index in [4.69, 9.17) is 18.9 Å². The van der Waals surface area contributed by atoms with Crippen molar-refractivity contribution < 1.29 is 28.8 Å². The fraction of sp³-hybridized carbons (Fsp3) is 0.303. The maximum absolute atomic E-state index is 12.7. The molecule has 7 heteroatoms. The number of amides is 1. The lowest BCUT2D eigenvalue weighted by molar-refractivity contribution is 0.0761. The zero-order chi connectivity index (χ0) is 27.5. The normalized spacial score (nSPS) is 22.4. The van der Waals surface area contributed by atoms with Crippen molar-refractivity contribution in [1.82, 2.24) is 4.90 Å². The maximum Gasteiger partial charge on any atom is 0.410 e. The third kappa shape index (κ3) is 5.05. The van der Waals surface area contributed by atoms with Crippen LogP contribution in [0.4, 0.5) is 4.79 Å². The third-order valence-electron chi connectivity index (χ3n) is 7.88. The Hall–Kier alpha value is -4.23. The van der Waals surface area contributed by atoms with E-state index < -0.39 is 11.5 Å². The van der Waals surface area contributed by atoms with E-state index in [9.17, 15) is 9.90 Å². The highest BCUT2D eigenvalue weighted by molar-refractivity contribution is 5.69. The van der Waals surface area contributed by atoms with Crippen LogP contribution in [0.3, 0.4) is 0 Å². The molecule has 0 saturated carbocycles. The Morgan fingerprint density at radius 3 is 2.62 bits per heavy atom. The van der Waals surface area contributed by atoms with E-state index in [1.165, 1.54) is 0 Å². The van der Waals surface area contributed by atoms with Gasteiger partial charge in [-0.1, -0.05) is 73.3 Å². The number of aliphatic hydroxyl groups is 1. The van der Waals surface area contributed by atoms with E-state index in [1.807, 2.05) is 72.8 Å². The predicted octanol–water partition coefficient (Wildman–Crippen LogP) is 5.69. The molecule has 1 spiro atoms. The van der Waals surface area contributed by atoms with Gasteiger partial charge in [0, 0.05) is 25.1 Å². The molecule has 0 fully saturated rings. The molecule has 0 saturated heterocycles. The van der Waals surface area contributed by atoms with Crippen LogP contribution in [0.1, 0.15) is 35.1 Å². The standard InChI is InChI=1S/C33H33NO6/c1-2-18-37-32(36)34-17-16-33-15-14-26(35)19-29(33)40-31-28(13-10-25(20-34)30(31)33)39-22-24-8-11-27(12-9-24)38-21-23-6-4-3-5-7-23/h2-15,26,29,35H,1,16-22H2/t26-,29-,33-/m0/s1. The van der Waals surface area contributed by atoms with Gasteiger partial charge in [0.2, 0.25) is 0 Å². The minimum Gasteiger partial charge on any atom is -0.489 e. The SMILES string of the molecule is C=CCOC(=O)N1CC[C@@]23C=C[C@H](O)C[C@@H]2Oc2c(OCc4ccc(OCc5ccccc5)cc4)ccc(c23)C1. The van der Waals surface area contributed by atoms with Crippen LogP contribution in [0, 0.1) is 0 Å². The number of aliphatic hydroxyl groups excluding tert-OH is 1. The van der Waals surface area contributed by atoms with E-state index in [1.54, 1.807) is 11.0 Å². The van der Waals surface area contributed by atoms with E-state index in [2.05, 4.69) is 12.7 Å². The Morgan fingerprint density at radius 1 is 1.05 bits per heavy atom. The number of ether oxygens (including phenoxy) is 4. The van der Waals surface area contributed by atoms with Gasteiger partial charge in [0.15, 0.2) is 11.5 Å². The molecule has 1 amide bonds. The summed E-state index contributed by atoms with van der Waals surface area (Å²) in [5.41, 5.74) is 3.73. The molecule has 0 unspecified atom stereocenters. The quantitative estimate of drug-likeness (QED) is 0.371. The Balaban J connectivity index is 1.21. The number of benzene rings is 3. The van der Waals surface area contributed by atoms with Crippen LogP contribution in [0.25, 0.3) is 0 Å². The first kappa shape index (κ1) is 26.0. The van der Waals surface area contributed by atoms with Gasteiger partial charge in [-0.2, -0.15) is 0 Å². The fourth-order valence-electron chi connectivity index (χ4n) is 5.85. The highest BCUT2D eigenvalue weighted by Gasteiger charge is 2.53. The van der Waals surface area contributed by atoms with Crippen molar-refractivity contribution in [3.63, 3.8) is 0 Å². The molecular weight excluding hydrogens is 506 g/mol. The molecule has 2 heterocycles. The molecule has 3 aromatic rings. The van der Waals surface area contributed by atoms with Crippen LogP contribution in [0.5, 0.6) is 17.2 Å². The summed E-state index contributed by atoms with van der Waals surface area (Å²) in [5, 5.41) is 10.4. The summed E-state index contributed by atoms with van der Waals surface area (Å²) in [6.07, 6.45) is 5.45. The highest BCUT2D eigenvalue weighted by Crippen LogP contribution is 2.56. The first-order valence-electron chi connectivity index (χ1n) is 13.7. The van der Waals surface area contributed by atoms with Crippen molar-refractivity contribution >= 4 is 6.09 Å². The maximum atomic E-state index is 12.7. The van der Waals surface area contributed by atoms with Gasteiger partial charge in [-0.3, -0.25) is 0 Å². The molecule has 0 aromatic heterocycles. The van der Waals surface area contributed by atoms with Crippen molar-refractivity contribution in [2.75, 3.05) is 13.2 Å². The Labute approximate surface area is 234 Å². The van der Waals surface area contributed by atoms with Crippen LogP contribution >= 0.6 is 0 Å². The summed E-state index contributed by atoms with van der Waals surface area (Å²) in [7, 11) is 0. The number of carbonyl (C=O) groups excluding carboxylic acids is 1. The lowest BCUT2D eigenvalue weighted by atomic mass is 9.69. The lowest BCUT2D eigenvalue weighted by Gasteiger charge is -2.35. The first-order chi connectivity index (χ1) is 19.6. The van der Waals surface area contributed by atoms with Crippen molar-refractivity contribution in [3.8, 4) is 17.2 Å². The molecule has 1 aliphatic carbocycles. The van der Waals surface area contributed by atoms with Crippen molar-refractivity contribution in [2.24, 2.45) is 0 Å². The summed E-state index contributed by atoms with van der Waals surface area (Å²) in [6.45, 7) is 5.61. The van der Waals surface area contributed by atoms with Crippen LogP contribution in [-0.2, 0) is 29.9 Å². The van der Waals surface area contributed by atoms with E-state index in [-0.39, 0.29) is 18.8 Å². The van der Waals surface area contributed by atoms with Crippen LogP contribution in [-0.4, -0.2) is 41.5 Å². The minimum absolute atomic E-state index is 0.170. The van der Waals surface area contributed by atoms with Crippen molar-refractivity contribution in [1.29, 1.82) is 0 Å². The first-order valence-corrected chi connectivity index (χ1v) is 13.7. The molecule has 7 nitrogen and oxygen atoms in total. The molecule has 3 aromatic carbocycles. The third-order valence-corrected chi connectivity index (χ3v) is 7.88. The summed E-state index contributed by atoms with van der Waals surface area (Å²) in [5.74, 6) is 2.15. The van der Waals surface area contributed by atoms with Gasteiger partial charge in [-0.05, 0) is 41.3 Å². The molecule has 3 atom stereocenters. The molecule has 2 aliphatic heterocycles. The zero-order valence-corrected chi connectivity index (χ0v) is 22.3. The summed E-state index contributed by atoms with van der Waals surface area (Å²) in [6, 6.07) is 21.9. The molecular formula is C33H33NO6. The summed E-state index contributed by atoms with van der Waals surface area (Å²) in [4.78, 5) is 14.5. The molecule has 40 heavy (non-hydrogen) atoms. The second kappa shape index (κ2) is 11.1. The van der Waals surface area contributed by atoms with Gasteiger partial charge in [-0.15, -0.1) is 0 Å². The summed E-state index contributed by atoms with van der Waals surface area (Å²) >= 11 is 0. The molecule has 206 valence electrons. The largest absolute Gasteiger partial charge is 0.489 e. The van der Waals surface area contributed by atoms with E-state index in [0.717, 1.165) is 28.0 Å². The summed E-state index contributed by atoms with van der Waals surface area (Å²) < 4.78 is 24.1. The van der Waals surface area contributed by atoms with Crippen LogP contribution in [0.2, 0.25) is 0 Å². The number of hydrogen-bond donors (Lipinski definition) is 1. The van der Waals surface area contributed by atoms with Gasteiger partial charge in [0.1, 0.15) is 31.7 Å². The van der Waals surface area contributed by atoms with Crippen LogP contribution < -0.4 is 14.2 Å². The predicted molar refractivity (Wildman–Crippen MR) is 150 cm³/mol. The van der Waals surface area contributed by atoms with Crippen LogP contribution in [0.15, 0.2) is 91.5 Å². The topological polar surface area (TPSA) is 77.5 Å². The highest BCUT2D eigenvalue weighted by atomic mass is 16.6. The second-order valence-corrected chi connectivity index (χ2v) is 10.5. The Kier molecular flexibility index (Phi) is 7.22. The fourth-order valence-corrected chi connectivity index (χ4v) is 5.85. The van der Waals surface area contributed by atoms with Gasteiger partial charge in [0.05, 0.1) is 11.5 Å². The average molecular weight is 540 g/mol. The molecule has 0 bridgehead atoms. The van der Waals surface area contributed by atoms with Gasteiger partial charge >= 0.3 is 6.09 Å². The Bertz CT molecular complexity index is 1400. The molecule has 0 radical (unpaired) electrons. The zero-order valence-electron chi connectivity index (χ0n) is 22.3. The monoisotopic (exact) mass is 539 g/mol. The van der Waals surface area contributed by atoms with Crippen molar-refractivity contribution in [3.05, 3.63) is 114 Å². The minimum atomic E-state index is -0.572. The second-order valence-electron chi connectivity index (χ2n) is 10.5. The molecule has 6 rings (SSSR count). The lowest BCUT2D eigenvalue weighted by Crippen LogP contribution is -2.43. The number of hydrogen-bond acceptors (Lipinski definition) is 6. The average Bonchev–Trinajstić information content (AvgIpc) is 3.22. The van der Waals surface area contributed by atoms with Gasteiger partial charge in [-0.25, -0.2) is 4.79 Å².